The molecule has 2 rings (SSSR count). The van der Waals surface area contributed by atoms with Crippen molar-refractivity contribution in [3.05, 3.63) is 46.8 Å². The fourth-order valence-electron chi connectivity index (χ4n) is 1.97. The molecule has 0 radical (unpaired) electrons. The average Bonchev–Trinajstić information content (AvgIpc) is 2.82. The highest BCUT2D eigenvalue weighted by Crippen LogP contribution is 2.26. The highest BCUT2D eigenvalue weighted by atomic mass is 32.2. The van der Waals surface area contributed by atoms with Gasteiger partial charge in [-0.15, -0.1) is 11.8 Å². The molecule has 2 aromatic rings. The summed E-state index contributed by atoms with van der Waals surface area (Å²) in [5.41, 5.74) is 4.00. The zero-order chi connectivity index (χ0) is 15.4. The standard InChI is InChI=1S/C16H20N2O2S/c1-5-20-16(19)14-9-17-18(4)15(14)10-21-13-7-6-11(2)12(3)8-13/h6-9H,5,10H2,1-4H3. The van der Waals surface area contributed by atoms with E-state index in [1.165, 1.54) is 16.0 Å². The van der Waals surface area contributed by atoms with Crippen LogP contribution in [0.5, 0.6) is 0 Å². The van der Waals surface area contributed by atoms with Crippen LogP contribution in [0, 0.1) is 13.8 Å². The molecule has 5 heteroatoms. The van der Waals surface area contributed by atoms with Gasteiger partial charge in [-0.05, 0) is 44.0 Å². The zero-order valence-electron chi connectivity index (χ0n) is 12.8. The third-order valence-electron chi connectivity index (χ3n) is 3.41. The van der Waals surface area contributed by atoms with Gasteiger partial charge in [0.05, 0.1) is 18.5 Å². The first-order valence-electron chi connectivity index (χ1n) is 6.91. The van der Waals surface area contributed by atoms with Crippen LogP contribution in [0.4, 0.5) is 0 Å². The van der Waals surface area contributed by atoms with Crippen LogP contribution >= 0.6 is 11.8 Å². The second-order valence-corrected chi connectivity index (χ2v) is 5.93. The summed E-state index contributed by atoms with van der Waals surface area (Å²) in [7, 11) is 1.85. The molecule has 1 aromatic heterocycles. The van der Waals surface area contributed by atoms with E-state index < -0.39 is 0 Å². The van der Waals surface area contributed by atoms with Crippen molar-refractivity contribution < 1.29 is 9.53 Å². The molecule has 1 heterocycles. The Hall–Kier alpha value is -1.75. The molecule has 0 aliphatic carbocycles. The number of aryl methyl sites for hydroxylation is 3. The van der Waals surface area contributed by atoms with E-state index in [0.717, 1.165) is 5.69 Å². The van der Waals surface area contributed by atoms with E-state index in [-0.39, 0.29) is 5.97 Å². The smallest absolute Gasteiger partial charge is 0.341 e. The highest BCUT2D eigenvalue weighted by Gasteiger charge is 2.17. The summed E-state index contributed by atoms with van der Waals surface area (Å²) in [4.78, 5) is 13.1. The third-order valence-corrected chi connectivity index (χ3v) is 4.42. The topological polar surface area (TPSA) is 44.1 Å². The first kappa shape index (κ1) is 15.6. The van der Waals surface area contributed by atoms with Crippen LogP contribution in [0.15, 0.2) is 29.3 Å². The van der Waals surface area contributed by atoms with Gasteiger partial charge < -0.3 is 4.74 Å². The first-order valence-corrected chi connectivity index (χ1v) is 7.89. The van der Waals surface area contributed by atoms with Crippen LogP contribution in [0.1, 0.15) is 34.1 Å². The van der Waals surface area contributed by atoms with Crippen molar-refractivity contribution in [2.45, 2.75) is 31.4 Å². The number of ether oxygens (including phenoxy) is 1. The van der Waals surface area contributed by atoms with E-state index in [1.54, 1.807) is 29.6 Å². The number of benzene rings is 1. The van der Waals surface area contributed by atoms with Gasteiger partial charge in [0.15, 0.2) is 0 Å². The SMILES string of the molecule is CCOC(=O)c1cnn(C)c1CSc1ccc(C)c(C)c1. The zero-order valence-corrected chi connectivity index (χ0v) is 13.7. The Morgan fingerprint density at radius 1 is 1.33 bits per heavy atom. The minimum absolute atomic E-state index is 0.304. The van der Waals surface area contributed by atoms with Gasteiger partial charge in [-0.3, -0.25) is 4.68 Å². The Bertz CT molecular complexity index is 650. The summed E-state index contributed by atoms with van der Waals surface area (Å²) >= 11 is 1.70. The first-order chi connectivity index (χ1) is 10.0. The monoisotopic (exact) mass is 304 g/mol. The molecule has 0 amide bonds. The lowest BCUT2D eigenvalue weighted by molar-refractivity contribution is 0.0525. The maximum atomic E-state index is 11.9. The van der Waals surface area contributed by atoms with Crippen LogP contribution < -0.4 is 0 Å². The van der Waals surface area contributed by atoms with E-state index in [4.69, 9.17) is 4.74 Å². The van der Waals surface area contributed by atoms with Crippen LogP contribution in [0.2, 0.25) is 0 Å². The molecule has 0 spiro atoms. The number of esters is 1. The molecule has 1 aromatic carbocycles. The molecule has 0 unspecified atom stereocenters. The number of carbonyl (C=O) groups excluding carboxylic acids is 1. The van der Waals surface area contributed by atoms with Crippen LogP contribution in [0.25, 0.3) is 0 Å². The van der Waals surface area contributed by atoms with Crippen molar-refractivity contribution in [1.29, 1.82) is 0 Å². The fraction of sp³-hybridized carbons (Fsp3) is 0.375. The Morgan fingerprint density at radius 3 is 2.76 bits per heavy atom. The fourth-order valence-corrected chi connectivity index (χ4v) is 3.04. The van der Waals surface area contributed by atoms with E-state index in [0.29, 0.717) is 17.9 Å². The molecular weight excluding hydrogens is 284 g/mol. The maximum Gasteiger partial charge on any atom is 0.341 e. The largest absolute Gasteiger partial charge is 0.462 e. The van der Waals surface area contributed by atoms with Crippen LogP contribution in [-0.4, -0.2) is 22.4 Å². The minimum Gasteiger partial charge on any atom is -0.462 e. The Kier molecular flexibility index (Phi) is 5.07. The molecule has 0 aliphatic rings. The van der Waals surface area contributed by atoms with Gasteiger partial charge in [0.25, 0.3) is 0 Å². The van der Waals surface area contributed by atoms with Gasteiger partial charge in [0, 0.05) is 17.7 Å². The van der Waals surface area contributed by atoms with E-state index >= 15 is 0 Å². The van der Waals surface area contributed by atoms with E-state index in [1.807, 2.05) is 7.05 Å². The predicted octanol–water partition coefficient (Wildman–Crippen LogP) is 3.51. The van der Waals surface area contributed by atoms with E-state index in [2.05, 4.69) is 37.1 Å². The van der Waals surface area contributed by atoms with Crippen molar-refractivity contribution in [3.8, 4) is 0 Å². The average molecular weight is 304 g/mol. The van der Waals surface area contributed by atoms with Crippen molar-refractivity contribution in [1.82, 2.24) is 9.78 Å². The molecule has 0 N–H and O–H groups in total. The summed E-state index contributed by atoms with van der Waals surface area (Å²) in [5, 5.41) is 4.17. The number of aromatic nitrogens is 2. The summed E-state index contributed by atoms with van der Waals surface area (Å²) in [6, 6.07) is 6.39. The van der Waals surface area contributed by atoms with Gasteiger partial charge in [-0.1, -0.05) is 6.07 Å². The van der Waals surface area contributed by atoms with Crippen LogP contribution in [-0.2, 0) is 17.5 Å². The van der Waals surface area contributed by atoms with Gasteiger partial charge in [0.2, 0.25) is 0 Å². The summed E-state index contributed by atoms with van der Waals surface area (Å²) < 4.78 is 6.80. The number of hydrogen-bond donors (Lipinski definition) is 0. The molecular formula is C16H20N2O2S. The van der Waals surface area contributed by atoms with Crippen molar-refractivity contribution in [3.63, 3.8) is 0 Å². The molecule has 0 aliphatic heterocycles. The number of carbonyl (C=O) groups is 1. The van der Waals surface area contributed by atoms with Gasteiger partial charge in [-0.25, -0.2) is 4.79 Å². The number of rotatable bonds is 5. The van der Waals surface area contributed by atoms with Crippen LogP contribution in [0.3, 0.4) is 0 Å². The molecule has 4 nitrogen and oxygen atoms in total. The molecule has 0 atom stereocenters. The van der Waals surface area contributed by atoms with Crippen molar-refractivity contribution >= 4 is 17.7 Å². The third kappa shape index (κ3) is 3.67. The number of thioether (sulfide) groups is 1. The molecule has 0 saturated heterocycles. The van der Waals surface area contributed by atoms with Crippen molar-refractivity contribution in [2.24, 2.45) is 7.05 Å². The lowest BCUT2D eigenvalue weighted by Crippen LogP contribution is -2.08. The molecule has 21 heavy (non-hydrogen) atoms. The Balaban J connectivity index is 2.14. The minimum atomic E-state index is -0.304. The number of nitrogens with zero attached hydrogens (tertiary/aromatic N) is 2. The quantitative estimate of drug-likeness (QED) is 0.626. The van der Waals surface area contributed by atoms with Gasteiger partial charge in [-0.2, -0.15) is 5.10 Å². The summed E-state index contributed by atoms with van der Waals surface area (Å²) in [6.45, 7) is 6.38. The van der Waals surface area contributed by atoms with E-state index in [9.17, 15) is 4.79 Å². The summed E-state index contributed by atoms with van der Waals surface area (Å²) in [6.07, 6.45) is 1.58. The lowest BCUT2D eigenvalue weighted by Gasteiger charge is -2.07. The van der Waals surface area contributed by atoms with Gasteiger partial charge in [0.1, 0.15) is 5.56 Å². The summed E-state index contributed by atoms with van der Waals surface area (Å²) in [5.74, 6) is 0.383. The maximum absolute atomic E-state index is 11.9. The number of hydrogen-bond acceptors (Lipinski definition) is 4. The molecule has 0 fully saturated rings. The molecule has 0 bridgehead atoms. The second-order valence-electron chi connectivity index (χ2n) is 4.88. The normalized spacial score (nSPS) is 10.7. The molecule has 0 saturated carbocycles. The Morgan fingerprint density at radius 2 is 2.10 bits per heavy atom. The molecule has 112 valence electrons. The van der Waals surface area contributed by atoms with Crippen molar-refractivity contribution in [2.75, 3.05) is 6.61 Å². The predicted molar refractivity (Wildman–Crippen MR) is 84.6 cm³/mol. The second kappa shape index (κ2) is 6.80. The highest BCUT2D eigenvalue weighted by molar-refractivity contribution is 7.98. The Labute approximate surface area is 129 Å². The lowest BCUT2D eigenvalue weighted by atomic mass is 10.1. The van der Waals surface area contributed by atoms with Gasteiger partial charge >= 0.3 is 5.97 Å².